The van der Waals surface area contributed by atoms with E-state index in [1.165, 1.54) is 18.4 Å². The summed E-state index contributed by atoms with van der Waals surface area (Å²) in [4.78, 5) is 14.9. The number of thiophene rings is 2. The predicted molar refractivity (Wildman–Crippen MR) is 106 cm³/mol. The van der Waals surface area contributed by atoms with Crippen molar-refractivity contribution in [2.24, 2.45) is 5.73 Å². The van der Waals surface area contributed by atoms with Crippen LogP contribution < -0.4 is 10.5 Å². The van der Waals surface area contributed by atoms with E-state index in [-0.39, 0.29) is 11.8 Å². The fourth-order valence-electron chi connectivity index (χ4n) is 3.45. The molecule has 7 heteroatoms. The maximum Gasteiger partial charge on any atom is 0.342 e. The normalized spacial score (nSPS) is 16.0. The zero-order valence-corrected chi connectivity index (χ0v) is 16.6. The second-order valence-electron chi connectivity index (χ2n) is 6.23. The molecular formula is C20H16N2O3S2. The Bertz CT molecular complexity index is 1160. The third kappa shape index (κ3) is 2.52. The number of ether oxygens (including phenoxy) is 2. The Kier molecular flexibility index (Phi) is 4.17. The van der Waals surface area contributed by atoms with Gasteiger partial charge in [-0.3, -0.25) is 0 Å². The number of nitrogens with two attached hydrogens (primary N) is 1. The number of hydrogen-bond acceptors (Lipinski definition) is 7. The Balaban J connectivity index is 2.01. The van der Waals surface area contributed by atoms with Crippen LogP contribution in [0.15, 0.2) is 35.7 Å². The number of rotatable bonds is 2. The molecule has 2 aromatic heterocycles. The lowest BCUT2D eigenvalue weighted by atomic mass is 9.91. The summed E-state index contributed by atoms with van der Waals surface area (Å²) < 4.78 is 11.8. The van der Waals surface area contributed by atoms with E-state index < -0.39 is 5.97 Å². The Morgan fingerprint density at radius 3 is 2.67 bits per heavy atom. The van der Waals surface area contributed by atoms with Crippen molar-refractivity contribution in [1.82, 2.24) is 0 Å². The van der Waals surface area contributed by atoms with E-state index >= 15 is 0 Å². The molecule has 4 rings (SSSR count). The van der Waals surface area contributed by atoms with Crippen molar-refractivity contribution in [3.63, 3.8) is 0 Å². The van der Waals surface area contributed by atoms with E-state index in [2.05, 4.69) is 25.1 Å². The van der Waals surface area contributed by atoms with Crippen molar-refractivity contribution in [1.29, 1.82) is 5.26 Å². The van der Waals surface area contributed by atoms with Gasteiger partial charge in [-0.1, -0.05) is 18.2 Å². The lowest BCUT2D eigenvalue weighted by molar-refractivity contribution is 0.0597. The minimum absolute atomic E-state index is 0.0369. The first-order valence-corrected chi connectivity index (χ1v) is 9.88. The first kappa shape index (κ1) is 17.6. The molecule has 27 heavy (non-hydrogen) atoms. The molecule has 0 saturated carbocycles. The second-order valence-corrected chi connectivity index (χ2v) is 8.57. The molecule has 2 N–H and O–H groups in total. The van der Waals surface area contributed by atoms with E-state index in [1.54, 1.807) is 11.3 Å². The van der Waals surface area contributed by atoms with Crippen LogP contribution in [0.1, 0.15) is 36.5 Å². The van der Waals surface area contributed by atoms with Crippen LogP contribution in [0.2, 0.25) is 0 Å². The molecule has 0 spiro atoms. The second kappa shape index (κ2) is 6.41. The van der Waals surface area contributed by atoms with Crippen molar-refractivity contribution in [3.8, 4) is 11.8 Å². The van der Waals surface area contributed by atoms with Gasteiger partial charge in [-0.05, 0) is 30.9 Å². The molecule has 1 aromatic carbocycles. The van der Waals surface area contributed by atoms with Crippen molar-refractivity contribution in [2.75, 3.05) is 7.11 Å². The standard InChI is InChI=1S/C20H16N2O3S2/c1-9-11-6-4-5-7-13(11)27-17(9)15-12(8-21)19(22)25-16-14(20(23)24-3)10(2)26-18(15)16/h4-7,15H,22H2,1-3H3/t15-/m1/s1. The maximum atomic E-state index is 12.3. The minimum Gasteiger partial charge on any atom is -0.465 e. The number of benzene rings is 1. The summed E-state index contributed by atoms with van der Waals surface area (Å²) in [6, 6.07) is 10.4. The van der Waals surface area contributed by atoms with Gasteiger partial charge in [0.25, 0.3) is 0 Å². The monoisotopic (exact) mass is 396 g/mol. The summed E-state index contributed by atoms with van der Waals surface area (Å²) >= 11 is 3.08. The van der Waals surface area contributed by atoms with Crippen LogP contribution >= 0.6 is 22.7 Å². The predicted octanol–water partition coefficient (Wildman–Crippen LogP) is 4.58. The lowest BCUT2D eigenvalue weighted by Crippen LogP contribution is -2.21. The summed E-state index contributed by atoms with van der Waals surface area (Å²) in [6.45, 7) is 3.89. The van der Waals surface area contributed by atoms with Gasteiger partial charge < -0.3 is 15.2 Å². The van der Waals surface area contributed by atoms with Gasteiger partial charge in [0.1, 0.15) is 17.2 Å². The Morgan fingerprint density at radius 2 is 2.00 bits per heavy atom. The van der Waals surface area contributed by atoms with E-state index in [4.69, 9.17) is 15.2 Å². The van der Waals surface area contributed by atoms with Gasteiger partial charge in [0, 0.05) is 14.5 Å². The number of hydrogen-bond donors (Lipinski definition) is 1. The molecule has 0 amide bonds. The van der Waals surface area contributed by atoms with Crippen LogP contribution in [0.3, 0.4) is 0 Å². The Hall–Kier alpha value is -2.82. The topological polar surface area (TPSA) is 85.3 Å². The van der Waals surface area contributed by atoms with Crippen molar-refractivity contribution in [2.45, 2.75) is 19.8 Å². The van der Waals surface area contributed by atoms with Crippen LogP contribution in [0.5, 0.6) is 5.75 Å². The molecule has 0 unspecified atom stereocenters. The summed E-state index contributed by atoms with van der Waals surface area (Å²) in [5, 5.41) is 10.9. The highest BCUT2D eigenvalue weighted by Gasteiger charge is 2.38. The van der Waals surface area contributed by atoms with Gasteiger partial charge in [-0.2, -0.15) is 5.26 Å². The van der Waals surface area contributed by atoms with Crippen molar-refractivity contribution in [3.05, 3.63) is 61.5 Å². The highest BCUT2D eigenvalue weighted by molar-refractivity contribution is 7.19. The van der Waals surface area contributed by atoms with Gasteiger partial charge in [0.2, 0.25) is 5.88 Å². The molecular weight excluding hydrogens is 380 g/mol. The number of fused-ring (bicyclic) bond motifs is 2. The van der Waals surface area contributed by atoms with E-state index in [0.717, 1.165) is 30.3 Å². The number of methoxy groups -OCH3 is 1. The number of esters is 1. The molecule has 0 radical (unpaired) electrons. The highest BCUT2D eigenvalue weighted by atomic mass is 32.1. The molecule has 0 fully saturated rings. The smallest absolute Gasteiger partial charge is 0.342 e. The number of nitrogens with zero attached hydrogens (tertiary/aromatic N) is 1. The van der Waals surface area contributed by atoms with Crippen LogP contribution in [-0.2, 0) is 4.74 Å². The first-order chi connectivity index (χ1) is 13.0. The average Bonchev–Trinajstić information content (AvgIpc) is 3.16. The fourth-order valence-corrected chi connectivity index (χ4v) is 6.06. The van der Waals surface area contributed by atoms with Crippen LogP contribution in [0, 0.1) is 25.2 Å². The van der Waals surface area contributed by atoms with Gasteiger partial charge in [0.05, 0.1) is 17.9 Å². The number of aryl methyl sites for hydroxylation is 2. The molecule has 5 nitrogen and oxygen atoms in total. The number of carbonyl (C=O) groups is 1. The van der Waals surface area contributed by atoms with Crippen molar-refractivity contribution < 1.29 is 14.3 Å². The van der Waals surface area contributed by atoms with Crippen LogP contribution in [0.4, 0.5) is 0 Å². The fraction of sp³-hybridized carbons (Fsp3) is 0.200. The third-order valence-electron chi connectivity index (χ3n) is 4.75. The zero-order valence-electron chi connectivity index (χ0n) is 15.0. The first-order valence-electron chi connectivity index (χ1n) is 8.25. The summed E-state index contributed by atoms with van der Waals surface area (Å²) in [5.41, 5.74) is 7.95. The average molecular weight is 396 g/mol. The quantitative estimate of drug-likeness (QED) is 0.641. The zero-order chi connectivity index (χ0) is 19.3. The SMILES string of the molecule is COC(=O)c1c(C)sc2c1OC(N)=C(C#N)[C@@H]2c1sc2ccccc2c1C. The largest absolute Gasteiger partial charge is 0.465 e. The van der Waals surface area contributed by atoms with Gasteiger partial charge in [0.15, 0.2) is 5.75 Å². The van der Waals surface area contributed by atoms with Crippen molar-refractivity contribution >= 4 is 38.7 Å². The molecule has 1 aliphatic rings. The van der Waals surface area contributed by atoms with E-state index in [0.29, 0.717) is 16.9 Å². The number of carbonyl (C=O) groups excluding carboxylic acids is 1. The molecule has 0 bridgehead atoms. The van der Waals surface area contributed by atoms with Gasteiger partial charge >= 0.3 is 5.97 Å². The molecule has 1 aliphatic heterocycles. The van der Waals surface area contributed by atoms with Gasteiger partial charge in [-0.25, -0.2) is 4.79 Å². The minimum atomic E-state index is -0.468. The summed E-state index contributed by atoms with van der Waals surface area (Å²) in [7, 11) is 1.34. The van der Waals surface area contributed by atoms with E-state index in [1.807, 2.05) is 19.1 Å². The van der Waals surface area contributed by atoms with E-state index in [9.17, 15) is 10.1 Å². The number of nitriles is 1. The molecule has 1 atom stereocenters. The molecule has 3 aromatic rings. The van der Waals surface area contributed by atoms with Gasteiger partial charge in [-0.15, -0.1) is 22.7 Å². The molecule has 3 heterocycles. The summed E-state index contributed by atoms with van der Waals surface area (Å²) in [6.07, 6.45) is 0. The van der Waals surface area contributed by atoms with Crippen LogP contribution in [-0.4, -0.2) is 13.1 Å². The molecule has 136 valence electrons. The lowest BCUT2D eigenvalue weighted by Gasteiger charge is -2.23. The molecule has 0 aliphatic carbocycles. The Morgan fingerprint density at radius 1 is 1.26 bits per heavy atom. The molecule has 0 saturated heterocycles. The third-order valence-corrected chi connectivity index (χ3v) is 7.24. The number of allylic oxidation sites excluding steroid dienone is 1. The Labute approximate surface area is 164 Å². The summed E-state index contributed by atoms with van der Waals surface area (Å²) in [5.74, 6) is -0.374. The maximum absolute atomic E-state index is 12.3. The van der Waals surface area contributed by atoms with Crippen LogP contribution in [0.25, 0.3) is 10.1 Å². The highest BCUT2D eigenvalue weighted by Crippen LogP contribution is 2.52.